The molecule has 0 aromatic carbocycles. The molecule has 92 heavy (non-hydrogen) atoms. The lowest BCUT2D eigenvalue weighted by Crippen LogP contribution is -2.70. The van der Waals surface area contributed by atoms with Gasteiger partial charge in [-0.1, -0.05) is 251 Å². The minimum atomic E-state index is -3.08. The third-order valence-corrected chi connectivity index (χ3v) is 18.8. The van der Waals surface area contributed by atoms with Gasteiger partial charge in [0.1, 0.15) is 67.1 Å². The first-order chi connectivity index (χ1) is 44.4. The van der Waals surface area contributed by atoms with Crippen LogP contribution in [0.1, 0.15) is 284 Å². The number of rotatable bonds is 56. The molecule has 3 fully saturated rings. The Balaban J connectivity index is 1.55. The zero-order chi connectivity index (χ0) is 67.5. The fourth-order valence-electron chi connectivity index (χ4n) is 13.0. The predicted molar refractivity (Wildman–Crippen MR) is 348 cm³/mol. The Morgan fingerprint density at radius 3 is 1.36 bits per heavy atom. The lowest BCUT2D eigenvalue weighted by Gasteiger charge is -2.50. The van der Waals surface area contributed by atoms with E-state index < -0.39 is 148 Å². The number of carboxylic acids is 1. The number of carbonyl (C=O) groups excluding carboxylic acids is 2. The van der Waals surface area contributed by atoms with Crippen LogP contribution in [-0.4, -0.2) is 215 Å². The fourth-order valence-corrected chi connectivity index (χ4v) is 13.0. The van der Waals surface area contributed by atoms with Gasteiger partial charge in [-0.25, -0.2) is 4.79 Å². The number of ether oxygens (including phenoxy) is 6. The van der Waals surface area contributed by atoms with Crippen LogP contribution in [0.5, 0.6) is 0 Å². The minimum Gasteiger partial charge on any atom is -0.477 e. The number of nitrogens with one attached hydrogen (secondary N) is 2. The molecule has 0 aromatic heterocycles. The van der Waals surface area contributed by atoms with Gasteiger partial charge in [-0.3, -0.25) is 9.59 Å². The maximum absolute atomic E-state index is 13.5. The topological polar surface area (TPSA) is 373 Å². The molecule has 542 valence electrons. The maximum atomic E-state index is 13.5. The van der Waals surface area contributed by atoms with Crippen LogP contribution in [0.3, 0.4) is 0 Å². The van der Waals surface area contributed by atoms with Crippen LogP contribution in [0.2, 0.25) is 0 Å². The van der Waals surface area contributed by atoms with Gasteiger partial charge in [-0.05, 0) is 12.8 Å². The Morgan fingerprint density at radius 2 is 0.946 bits per heavy atom. The molecule has 3 aliphatic heterocycles. The summed E-state index contributed by atoms with van der Waals surface area (Å²) in [6.07, 6.45) is 18.2. The monoisotopic (exact) mass is 1320 g/mol. The van der Waals surface area contributed by atoms with Gasteiger partial charge in [0.2, 0.25) is 11.8 Å². The van der Waals surface area contributed by atoms with E-state index in [0.29, 0.717) is 19.3 Å². The summed E-state index contributed by atoms with van der Waals surface area (Å²) < 4.78 is 34.9. The molecule has 0 aromatic rings. The van der Waals surface area contributed by atoms with Crippen LogP contribution in [0.25, 0.3) is 0 Å². The zero-order valence-corrected chi connectivity index (χ0v) is 56.7. The molecule has 2 amide bonds. The number of aliphatic hydroxyl groups excluding tert-OH is 11. The molecule has 18 atom stereocenters. The number of hydrogen-bond acceptors (Lipinski definition) is 20. The Morgan fingerprint density at radius 1 is 0.522 bits per heavy atom. The highest BCUT2D eigenvalue weighted by Gasteiger charge is 2.60. The summed E-state index contributed by atoms with van der Waals surface area (Å²) in [7, 11) is 0. The first-order valence-corrected chi connectivity index (χ1v) is 36.4. The molecule has 0 bridgehead atoms. The van der Waals surface area contributed by atoms with Crippen LogP contribution in [-0.2, 0) is 42.8 Å². The maximum Gasteiger partial charge on any atom is 0.364 e. The summed E-state index contributed by atoms with van der Waals surface area (Å²) in [5.41, 5.74) is 0. The molecule has 3 aliphatic rings. The number of carbonyl (C=O) groups is 3. The Labute approximate surface area is 550 Å². The van der Waals surface area contributed by atoms with Crippen molar-refractivity contribution in [3.05, 3.63) is 0 Å². The quantitative estimate of drug-likeness (QED) is 0.0266. The first-order valence-electron chi connectivity index (χ1n) is 36.4. The fraction of sp³-hybridized carbons (Fsp3) is 0.957. The molecular formula is C69H130N2O21. The van der Waals surface area contributed by atoms with E-state index >= 15 is 0 Å². The zero-order valence-electron chi connectivity index (χ0n) is 56.7. The molecule has 23 heteroatoms. The predicted octanol–water partition coefficient (Wildman–Crippen LogP) is 7.29. The van der Waals surface area contributed by atoms with E-state index in [-0.39, 0.29) is 18.9 Å². The van der Waals surface area contributed by atoms with Gasteiger partial charge in [-0.15, -0.1) is 0 Å². The summed E-state index contributed by atoms with van der Waals surface area (Å²) >= 11 is 0. The summed E-state index contributed by atoms with van der Waals surface area (Å²) in [6, 6.07) is -2.52. The highest BCUT2D eigenvalue weighted by molar-refractivity contribution is 5.77. The third-order valence-electron chi connectivity index (χ3n) is 18.8. The normalized spacial score (nSPS) is 28.2. The second-order valence-electron chi connectivity index (χ2n) is 26.8. The van der Waals surface area contributed by atoms with E-state index in [1.54, 1.807) is 0 Å². The highest BCUT2D eigenvalue weighted by atomic mass is 16.8. The van der Waals surface area contributed by atoms with E-state index in [1.807, 2.05) is 0 Å². The smallest absolute Gasteiger partial charge is 0.364 e. The van der Waals surface area contributed by atoms with Gasteiger partial charge in [0.05, 0.1) is 50.7 Å². The number of carboxylic acid groups (broad SMARTS) is 1. The lowest BCUT2D eigenvalue weighted by atomic mass is 9.88. The van der Waals surface area contributed by atoms with Crippen molar-refractivity contribution in [2.24, 2.45) is 0 Å². The van der Waals surface area contributed by atoms with Gasteiger partial charge < -0.3 is 100 Å². The van der Waals surface area contributed by atoms with Crippen molar-refractivity contribution >= 4 is 17.8 Å². The van der Waals surface area contributed by atoms with Gasteiger partial charge >= 0.3 is 5.97 Å². The molecular weight excluding hydrogens is 1190 g/mol. The number of unbranched alkanes of at least 4 members (excludes halogenated alkanes) is 36. The SMILES string of the molecule is CCCCCCCCCCCCCCCCCCCCCCCCCCC(O)C(COC1OC(CO)C(OC2OC(CO)C(O)C(OC3(C(=O)O)CC(O)C(NC(C)=O)C(C(O)C(O)CO)O3)C2O)C(O)C1O)NC(=O)CCCCCCCCCCCCCCCC. The van der Waals surface area contributed by atoms with E-state index in [2.05, 4.69) is 24.5 Å². The standard InChI is InChI=1S/C69H130N2O21/c1-4-6-8-10-12-14-16-18-20-21-22-23-24-25-26-27-28-29-30-32-34-36-38-40-42-51(76)50(71-56(79)43-41-39-37-35-33-31-19-17-15-13-11-9-7-5-2)48-87-66-61(83)60(82)63(55(47-74)89-66)90-67-62(84)65(59(81)54(46-73)88-67)92-69(68(85)86)44-52(77)57(70-49(3)75)64(91-69)58(80)53(78)45-72/h50-55,57-67,72-74,76-78,80-84H,4-48H2,1-3H3,(H,70,75)(H,71,79)(H,85,86). The van der Waals surface area contributed by atoms with E-state index in [4.69, 9.17) is 28.4 Å². The Hall–Kier alpha value is -2.27. The molecule has 3 rings (SSSR count). The lowest BCUT2D eigenvalue weighted by molar-refractivity contribution is -0.386. The molecule has 0 spiro atoms. The number of aliphatic carboxylic acids is 1. The van der Waals surface area contributed by atoms with Crippen LogP contribution >= 0.6 is 0 Å². The van der Waals surface area contributed by atoms with E-state index in [0.717, 1.165) is 58.3 Å². The average Bonchev–Trinajstić information content (AvgIpc) is 0.763. The third kappa shape index (κ3) is 31.9. The van der Waals surface area contributed by atoms with Crippen molar-refractivity contribution in [3.8, 4) is 0 Å². The second kappa shape index (κ2) is 50.1. The van der Waals surface area contributed by atoms with Crippen molar-refractivity contribution in [2.45, 2.75) is 394 Å². The van der Waals surface area contributed by atoms with Crippen LogP contribution in [0, 0.1) is 0 Å². The van der Waals surface area contributed by atoms with Crippen LogP contribution in [0.4, 0.5) is 0 Å². The molecule has 0 radical (unpaired) electrons. The summed E-state index contributed by atoms with van der Waals surface area (Å²) in [5, 5.41) is 136. The summed E-state index contributed by atoms with van der Waals surface area (Å²) in [6.45, 7) is 2.23. The van der Waals surface area contributed by atoms with Crippen LogP contribution in [0.15, 0.2) is 0 Å². The van der Waals surface area contributed by atoms with E-state index in [9.17, 15) is 75.7 Å². The minimum absolute atomic E-state index is 0.229. The van der Waals surface area contributed by atoms with Crippen molar-refractivity contribution < 1.29 is 104 Å². The molecule has 14 N–H and O–H groups in total. The molecule has 18 unspecified atom stereocenters. The molecule has 3 saturated heterocycles. The van der Waals surface area contributed by atoms with E-state index in [1.165, 1.54) is 180 Å². The Bertz CT molecular complexity index is 1860. The number of aliphatic hydroxyl groups is 11. The average molecular weight is 1320 g/mol. The van der Waals surface area contributed by atoms with Crippen molar-refractivity contribution in [1.29, 1.82) is 0 Å². The van der Waals surface area contributed by atoms with Gasteiger partial charge in [0.15, 0.2) is 12.6 Å². The number of hydrogen-bond donors (Lipinski definition) is 14. The molecule has 0 aliphatic carbocycles. The highest BCUT2D eigenvalue weighted by Crippen LogP contribution is 2.39. The summed E-state index contributed by atoms with van der Waals surface area (Å²) in [4.78, 5) is 38.6. The second-order valence-corrected chi connectivity index (χ2v) is 26.8. The molecule has 0 saturated carbocycles. The Kier molecular flexibility index (Phi) is 45.7. The van der Waals surface area contributed by atoms with Crippen LogP contribution < -0.4 is 10.6 Å². The van der Waals surface area contributed by atoms with Crippen molar-refractivity contribution in [3.63, 3.8) is 0 Å². The number of amides is 2. The first kappa shape index (κ1) is 84.0. The van der Waals surface area contributed by atoms with Gasteiger partial charge in [-0.2, -0.15) is 0 Å². The largest absolute Gasteiger partial charge is 0.477 e. The van der Waals surface area contributed by atoms with Gasteiger partial charge in [0, 0.05) is 19.8 Å². The molecule has 3 heterocycles. The summed E-state index contributed by atoms with van der Waals surface area (Å²) in [5.74, 6) is -6.09. The van der Waals surface area contributed by atoms with Crippen molar-refractivity contribution in [2.75, 3.05) is 26.4 Å². The van der Waals surface area contributed by atoms with Gasteiger partial charge in [0.25, 0.3) is 5.79 Å². The van der Waals surface area contributed by atoms with Crippen molar-refractivity contribution in [1.82, 2.24) is 10.6 Å². The molecule has 23 nitrogen and oxygen atoms in total.